The summed E-state index contributed by atoms with van der Waals surface area (Å²) in [4.78, 5) is 43.6. The molecule has 0 bridgehead atoms. The van der Waals surface area contributed by atoms with E-state index in [9.17, 15) is 19.2 Å². The van der Waals surface area contributed by atoms with Crippen molar-refractivity contribution in [3.8, 4) is 0 Å². The van der Waals surface area contributed by atoms with Crippen molar-refractivity contribution in [2.75, 3.05) is 13.2 Å². The van der Waals surface area contributed by atoms with E-state index in [1.807, 2.05) is 0 Å². The van der Waals surface area contributed by atoms with Crippen LogP contribution in [0.15, 0.2) is 24.3 Å². The van der Waals surface area contributed by atoms with Gasteiger partial charge in [-0.25, -0.2) is 19.2 Å². The maximum atomic E-state index is 11.4. The molecule has 0 aliphatic rings. The number of carbonyl (C=O) groups is 4. The Morgan fingerprint density at radius 3 is 1.38 bits per heavy atom. The van der Waals surface area contributed by atoms with Gasteiger partial charge in [0.15, 0.2) is 0 Å². The number of benzene rings is 1. The van der Waals surface area contributed by atoms with E-state index in [0.717, 1.165) is 44.6 Å². The molecule has 0 atom stereocenters. The van der Waals surface area contributed by atoms with Gasteiger partial charge in [-0.15, -0.1) is 0 Å². The van der Waals surface area contributed by atoms with Gasteiger partial charge in [-0.3, -0.25) is 0 Å². The third-order valence-corrected chi connectivity index (χ3v) is 4.84. The SMILES string of the molecule is CC(C)CCCCCOC(=O)C(=O)OCCCCCC(C)C.O=C(O)c1cccc(C(=O)O)c1. The van der Waals surface area contributed by atoms with Crippen molar-refractivity contribution in [3.05, 3.63) is 35.4 Å². The number of hydrogen-bond donors (Lipinski definition) is 2. The zero-order valence-corrected chi connectivity index (χ0v) is 20.9. The molecule has 1 aromatic carbocycles. The number of hydrogen-bond acceptors (Lipinski definition) is 6. The number of carboxylic acid groups (broad SMARTS) is 2. The summed E-state index contributed by atoms with van der Waals surface area (Å²) in [6.07, 6.45) is 8.31. The normalized spacial score (nSPS) is 10.4. The van der Waals surface area contributed by atoms with Crippen LogP contribution < -0.4 is 0 Å². The third kappa shape index (κ3) is 16.7. The van der Waals surface area contributed by atoms with E-state index in [4.69, 9.17) is 19.7 Å². The van der Waals surface area contributed by atoms with Crippen molar-refractivity contribution in [1.82, 2.24) is 0 Å². The maximum Gasteiger partial charge on any atom is 0.417 e. The van der Waals surface area contributed by atoms with Crippen LogP contribution in [0.2, 0.25) is 0 Å². The highest BCUT2D eigenvalue weighted by Gasteiger charge is 2.16. The lowest BCUT2D eigenvalue weighted by Crippen LogP contribution is -2.21. The van der Waals surface area contributed by atoms with Crippen molar-refractivity contribution in [2.24, 2.45) is 11.8 Å². The lowest BCUT2D eigenvalue weighted by Gasteiger charge is -2.07. The number of rotatable bonds is 14. The standard InChI is InChI=1S/C18H34O4.C8H6O4/c1-15(2)11-7-5-9-13-21-17(19)18(20)22-14-10-6-8-12-16(3)4;9-7(10)5-2-1-3-6(4-5)8(11)12/h15-16H,5-14H2,1-4H3;1-4H,(H,9,10)(H,11,12). The van der Waals surface area contributed by atoms with Crippen molar-refractivity contribution in [3.63, 3.8) is 0 Å². The Hall–Kier alpha value is -2.90. The number of esters is 2. The minimum Gasteiger partial charge on any atom is -0.478 e. The van der Waals surface area contributed by atoms with E-state index in [1.54, 1.807) is 0 Å². The summed E-state index contributed by atoms with van der Waals surface area (Å²) in [5, 5.41) is 17.0. The van der Waals surface area contributed by atoms with Crippen LogP contribution in [-0.2, 0) is 19.1 Å². The minimum absolute atomic E-state index is 0.0186. The fourth-order valence-electron chi connectivity index (χ4n) is 2.90. The molecule has 34 heavy (non-hydrogen) atoms. The Kier molecular flexibility index (Phi) is 16.9. The number of carbonyl (C=O) groups excluding carboxylic acids is 2. The predicted octanol–water partition coefficient (Wildman–Crippen LogP) is 5.59. The van der Waals surface area contributed by atoms with Crippen LogP contribution in [0.5, 0.6) is 0 Å². The zero-order chi connectivity index (χ0) is 25.9. The molecule has 0 aliphatic heterocycles. The third-order valence-electron chi connectivity index (χ3n) is 4.84. The fraction of sp³-hybridized carbons (Fsp3) is 0.615. The molecule has 0 spiro atoms. The van der Waals surface area contributed by atoms with Crippen LogP contribution in [-0.4, -0.2) is 47.3 Å². The first kappa shape index (κ1) is 31.1. The van der Waals surface area contributed by atoms with Crippen molar-refractivity contribution in [1.29, 1.82) is 0 Å². The van der Waals surface area contributed by atoms with Gasteiger partial charge in [0, 0.05) is 0 Å². The molecule has 0 amide bonds. The number of ether oxygens (including phenoxy) is 2. The molecule has 2 N–H and O–H groups in total. The van der Waals surface area contributed by atoms with Crippen LogP contribution in [0.1, 0.15) is 99.8 Å². The Morgan fingerprint density at radius 2 is 1.06 bits per heavy atom. The molecule has 8 nitrogen and oxygen atoms in total. The molecule has 0 aliphatic carbocycles. The molecule has 0 radical (unpaired) electrons. The molecule has 0 saturated carbocycles. The van der Waals surface area contributed by atoms with Crippen molar-refractivity contribution in [2.45, 2.75) is 79.1 Å². The second-order valence-electron chi connectivity index (χ2n) is 8.95. The molecule has 1 aromatic rings. The van der Waals surface area contributed by atoms with Gasteiger partial charge in [-0.1, -0.05) is 72.3 Å². The van der Waals surface area contributed by atoms with Crippen molar-refractivity contribution >= 4 is 23.9 Å². The summed E-state index contributed by atoms with van der Waals surface area (Å²) in [6, 6.07) is 5.20. The smallest absolute Gasteiger partial charge is 0.417 e. The second kappa shape index (κ2) is 18.5. The van der Waals surface area contributed by atoms with Gasteiger partial charge < -0.3 is 19.7 Å². The second-order valence-corrected chi connectivity index (χ2v) is 8.95. The molecule has 192 valence electrons. The molecule has 1 rings (SSSR count). The number of carboxylic acids is 2. The van der Waals surface area contributed by atoms with Gasteiger partial charge in [-0.05, 0) is 42.9 Å². The highest BCUT2D eigenvalue weighted by Crippen LogP contribution is 2.09. The van der Waals surface area contributed by atoms with E-state index in [2.05, 4.69) is 27.7 Å². The average molecular weight is 481 g/mol. The van der Waals surface area contributed by atoms with Gasteiger partial charge in [0.1, 0.15) is 0 Å². The van der Waals surface area contributed by atoms with Gasteiger partial charge >= 0.3 is 23.9 Å². The summed E-state index contributed by atoms with van der Waals surface area (Å²) in [6.45, 7) is 9.39. The van der Waals surface area contributed by atoms with E-state index >= 15 is 0 Å². The maximum absolute atomic E-state index is 11.4. The van der Waals surface area contributed by atoms with Crippen LogP contribution in [0, 0.1) is 11.8 Å². The largest absolute Gasteiger partial charge is 0.478 e. The highest BCUT2D eigenvalue weighted by molar-refractivity contribution is 6.29. The van der Waals surface area contributed by atoms with Gasteiger partial charge in [-0.2, -0.15) is 0 Å². The summed E-state index contributed by atoms with van der Waals surface area (Å²) >= 11 is 0. The summed E-state index contributed by atoms with van der Waals surface area (Å²) in [5.41, 5.74) is -0.0372. The van der Waals surface area contributed by atoms with Crippen LogP contribution in [0.4, 0.5) is 0 Å². The quantitative estimate of drug-likeness (QED) is 0.200. The van der Waals surface area contributed by atoms with E-state index in [-0.39, 0.29) is 11.1 Å². The van der Waals surface area contributed by atoms with Gasteiger partial charge in [0.2, 0.25) is 0 Å². The molecule has 0 saturated heterocycles. The molecular weight excluding hydrogens is 440 g/mol. The Bertz CT molecular complexity index is 696. The number of aromatic carboxylic acids is 2. The monoisotopic (exact) mass is 480 g/mol. The molecule has 0 aromatic heterocycles. The Morgan fingerprint density at radius 1 is 0.676 bits per heavy atom. The van der Waals surface area contributed by atoms with Gasteiger partial charge in [0.05, 0.1) is 24.3 Å². The Balaban J connectivity index is 0.000000757. The Labute approximate surface area is 202 Å². The van der Waals surface area contributed by atoms with Crippen LogP contribution in [0.25, 0.3) is 0 Å². The van der Waals surface area contributed by atoms with E-state index < -0.39 is 23.9 Å². The first-order valence-corrected chi connectivity index (χ1v) is 11.9. The van der Waals surface area contributed by atoms with E-state index in [0.29, 0.717) is 25.0 Å². The topological polar surface area (TPSA) is 127 Å². The zero-order valence-electron chi connectivity index (χ0n) is 20.9. The first-order valence-electron chi connectivity index (χ1n) is 11.9. The molecular formula is C26H40O8. The summed E-state index contributed by atoms with van der Waals surface area (Å²) in [5.74, 6) is -2.55. The van der Waals surface area contributed by atoms with Gasteiger partial charge in [0.25, 0.3) is 0 Å². The molecule has 0 unspecified atom stereocenters. The molecule has 8 heteroatoms. The van der Waals surface area contributed by atoms with E-state index in [1.165, 1.54) is 31.0 Å². The van der Waals surface area contributed by atoms with Crippen LogP contribution in [0.3, 0.4) is 0 Å². The molecule has 0 heterocycles. The predicted molar refractivity (Wildman–Crippen MR) is 129 cm³/mol. The van der Waals surface area contributed by atoms with Crippen LogP contribution >= 0.6 is 0 Å². The summed E-state index contributed by atoms with van der Waals surface area (Å²) in [7, 11) is 0. The lowest BCUT2D eigenvalue weighted by atomic mass is 10.1. The number of unbranched alkanes of at least 4 members (excludes halogenated alkanes) is 4. The molecule has 0 fully saturated rings. The minimum atomic E-state index is -1.13. The van der Waals surface area contributed by atoms with Crippen molar-refractivity contribution < 1.29 is 38.9 Å². The first-order chi connectivity index (χ1) is 16.0. The average Bonchev–Trinajstić information content (AvgIpc) is 2.78. The summed E-state index contributed by atoms with van der Waals surface area (Å²) < 4.78 is 9.81. The fourth-order valence-corrected chi connectivity index (χ4v) is 2.90. The highest BCUT2D eigenvalue weighted by atomic mass is 16.6. The lowest BCUT2D eigenvalue weighted by molar-refractivity contribution is -0.167.